The molecule has 0 atom stereocenters. The topological polar surface area (TPSA) is 93.1 Å². The van der Waals surface area contributed by atoms with Crippen LogP contribution in [0.25, 0.3) is 0 Å². The summed E-state index contributed by atoms with van der Waals surface area (Å²) >= 11 is 0. The molecule has 8 heteroatoms. The van der Waals surface area contributed by atoms with Gasteiger partial charge in [-0.05, 0) is 81.6 Å². The van der Waals surface area contributed by atoms with Crippen LogP contribution in [0, 0.1) is 0 Å². The van der Waals surface area contributed by atoms with Crippen LogP contribution in [0.3, 0.4) is 0 Å². The SMILES string of the molecule is C=C1CCCC/C=C2/CCCC2=C1NC(=O)NS(=O)(=O)c1ccn(C(C)C)n1. The molecule has 0 aliphatic heterocycles. The van der Waals surface area contributed by atoms with Crippen molar-refractivity contribution in [3.8, 4) is 0 Å². The Morgan fingerprint density at radius 1 is 1.21 bits per heavy atom. The molecule has 1 saturated carbocycles. The molecule has 1 fully saturated rings. The lowest BCUT2D eigenvalue weighted by molar-refractivity contribution is 0.248. The molecule has 28 heavy (non-hydrogen) atoms. The third-order valence-corrected chi connectivity index (χ3v) is 6.32. The summed E-state index contributed by atoms with van der Waals surface area (Å²) in [5.74, 6) is 0. The first-order valence-corrected chi connectivity index (χ1v) is 11.3. The van der Waals surface area contributed by atoms with E-state index in [1.807, 2.05) is 13.8 Å². The van der Waals surface area contributed by atoms with Crippen LogP contribution >= 0.6 is 0 Å². The zero-order valence-electron chi connectivity index (χ0n) is 16.5. The van der Waals surface area contributed by atoms with E-state index in [4.69, 9.17) is 0 Å². The second kappa shape index (κ2) is 8.34. The molecule has 2 aliphatic carbocycles. The maximum atomic E-state index is 12.5. The number of amides is 2. The van der Waals surface area contributed by atoms with Crippen LogP contribution in [0.1, 0.15) is 64.8 Å². The number of urea groups is 1. The minimum Gasteiger partial charge on any atom is -0.307 e. The van der Waals surface area contributed by atoms with Gasteiger partial charge in [0.1, 0.15) is 0 Å². The second-order valence-electron chi connectivity index (χ2n) is 7.57. The molecule has 1 aromatic rings. The van der Waals surface area contributed by atoms with Crippen molar-refractivity contribution in [2.45, 2.75) is 69.9 Å². The van der Waals surface area contributed by atoms with Crippen LogP contribution in [0.2, 0.25) is 0 Å². The molecular weight excluding hydrogens is 376 g/mol. The molecule has 2 N–H and O–H groups in total. The van der Waals surface area contributed by atoms with Crippen molar-refractivity contribution in [3.63, 3.8) is 0 Å². The Kier molecular flexibility index (Phi) is 6.07. The summed E-state index contributed by atoms with van der Waals surface area (Å²) in [7, 11) is -4.05. The first kappa shape index (κ1) is 20.4. The highest BCUT2D eigenvalue weighted by Gasteiger charge is 2.25. The monoisotopic (exact) mass is 404 g/mol. The van der Waals surface area contributed by atoms with Gasteiger partial charge >= 0.3 is 6.03 Å². The summed E-state index contributed by atoms with van der Waals surface area (Å²) in [6.45, 7) is 7.93. The molecule has 1 heterocycles. The van der Waals surface area contributed by atoms with E-state index in [2.05, 4.69) is 27.8 Å². The van der Waals surface area contributed by atoms with E-state index in [9.17, 15) is 13.2 Å². The highest BCUT2D eigenvalue weighted by molar-refractivity contribution is 7.90. The highest BCUT2D eigenvalue weighted by Crippen LogP contribution is 2.36. The van der Waals surface area contributed by atoms with Gasteiger partial charge in [-0.3, -0.25) is 4.68 Å². The van der Waals surface area contributed by atoms with E-state index >= 15 is 0 Å². The van der Waals surface area contributed by atoms with Gasteiger partial charge in [-0.1, -0.05) is 12.7 Å². The van der Waals surface area contributed by atoms with Crippen LogP contribution in [-0.4, -0.2) is 24.2 Å². The molecule has 0 aromatic carbocycles. The number of nitrogens with one attached hydrogen (secondary N) is 2. The number of allylic oxidation sites excluding steroid dienone is 4. The molecule has 1 aromatic heterocycles. The predicted octanol–water partition coefficient (Wildman–Crippen LogP) is 3.95. The average molecular weight is 405 g/mol. The van der Waals surface area contributed by atoms with Crippen LogP contribution in [0.5, 0.6) is 0 Å². The van der Waals surface area contributed by atoms with Crippen molar-refractivity contribution in [1.82, 2.24) is 19.8 Å². The van der Waals surface area contributed by atoms with Gasteiger partial charge in [-0.2, -0.15) is 13.5 Å². The van der Waals surface area contributed by atoms with Crippen LogP contribution in [0.15, 0.2) is 52.4 Å². The molecule has 0 spiro atoms. The van der Waals surface area contributed by atoms with Crippen molar-refractivity contribution < 1.29 is 13.2 Å². The van der Waals surface area contributed by atoms with Gasteiger partial charge in [0, 0.05) is 17.9 Å². The van der Waals surface area contributed by atoms with Gasteiger partial charge in [0.15, 0.2) is 5.03 Å². The lowest BCUT2D eigenvalue weighted by Crippen LogP contribution is -2.39. The Bertz CT molecular complexity index is 938. The standard InChI is InChI=1S/C20H28N4O3S/c1-14(2)24-13-12-18(22-24)28(26,27)23-20(25)21-19-15(3)8-5-4-6-9-16-10-7-11-17(16)19/h9,12-14H,3-8,10-11H2,1-2H3,(H2,21,23,25)/b16-9-,19-17?. The quantitative estimate of drug-likeness (QED) is 0.795. The molecule has 0 bridgehead atoms. The number of carbonyl (C=O) groups excluding carboxylic acids is 1. The van der Waals surface area contributed by atoms with Gasteiger partial charge < -0.3 is 5.32 Å². The number of rotatable bonds is 4. The summed E-state index contributed by atoms with van der Waals surface area (Å²) in [6, 6.07) is 0.626. The zero-order chi connectivity index (χ0) is 20.3. The Balaban J connectivity index is 1.80. The first-order valence-electron chi connectivity index (χ1n) is 9.77. The minimum absolute atomic E-state index is 0.0273. The maximum Gasteiger partial charge on any atom is 0.333 e. The minimum atomic E-state index is -4.05. The number of sulfonamides is 1. The largest absolute Gasteiger partial charge is 0.333 e. The number of hydrogen-bond acceptors (Lipinski definition) is 4. The average Bonchev–Trinajstić information content (AvgIpc) is 3.28. The Hall–Kier alpha value is -2.35. The zero-order valence-corrected chi connectivity index (χ0v) is 17.3. The smallest absolute Gasteiger partial charge is 0.307 e. The predicted molar refractivity (Wildman–Crippen MR) is 108 cm³/mol. The van der Waals surface area contributed by atoms with Crippen molar-refractivity contribution in [2.75, 3.05) is 0 Å². The summed E-state index contributed by atoms with van der Waals surface area (Å²) in [5, 5.41) is 6.63. The maximum absolute atomic E-state index is 12.5. The van der Waals surface area contributed by atoms with E-state index in [1.54, 1.807) is 6.20 Å². The number of carbonyl (C=O) groups is 1. The lowest BCUT2D eigenvalue weighted by atomic mass is 10.0. The fourth-order valence-electron chi connectivity index (χ4n) is 3.60. The van der Waals surface area contributed by atoms with Crippen molar-refractivity contribution in [1.29, 1.82) is 0 Å². The Morgan fingerprint density at radius 3 is 2.71 bits per heavy atom. The van der Waals surface area contributed by atoms with Gasteiger partial charge in [-0.15, -0.1) is 0 Å². The summed E-state index contributed by atoms with van der Waals surface area (Å²) in [6.07, 6.45) is 10.6. The molecule has 0 unspecified atom stereocenters. The van der Waals surface area contributed by atoms with Gasteiger partial charge in [0.25, 0.3) is 10.0 Å². The highest BCUT2D eigenvalue weighted by atomic mass is 32.2. The summed E-state index contributed by atoms with van der Waals surface area (Å²) in [4.78, 5) is 12.5. The van der Waals surface area contributed by atoms with Crippen molar-refractivity contribution in [2.24, 2.45) is 0 Å². The summed E-state index contributed by atoms with van der Waals surface area (Å²) < 4.78 is 28.6. The Morgan fingerprint density at radius 2 is 2.00 bits per heavy atom. The lowest BCUT2D eigenvalue weighted by Gasteiger charge is -2.16. The fraction of sp³-hybridized carbons (Fsp3) is 0.500. The molecule has 2 amide bonds. The van der Waals surface area contributed by atoms with Crippen molar-refractivity contribution >= 4 is 16.1 Å². The first-order chi connectivity index (χ1) is 13.3. The third-order valence-electron chi connectivity index (χ3n) is 5.09. The van der Waals surface area contributed by atoms with Crippen LogP contribution in [0.4, 0.5) is 4.79 Å². The fourth-order valence-corrected chi connectivity index (χ4v) is 4.45. The third kappa shape index (κ3) is 4.55. The van der Waals surface area contributed by atoms with E-state index in [0.29, 0.717) is 5.70 Å². The molecular formula is C20H28N4O3S. The molecule has 0 radical (unpaired) electrons. The number of hydrogen-bond donors (Lipinski definition) is 2. The van der Waals surface area contributed by atoms with E-state index in [1.165, 1.54) is 16.3 Å². The molecule has 2 aliphatic rings. The van der Waals surface area contributed by atoms with Gasteiger partial charge in [-0.25, -0.2) is 9.52 Å². The molecule has 0 saturated heterocycles. The van der Waals surface area contributed by atoms with Crippen LogP contribution < -0.4 is 10.0 Å². The molecule has 7 nitrogen and oxygen atoms in total. The van der Waals surface area contributed by atoms with E-state index in [0.717, 1.165) is 56.1 Å². The Labute approximate surface area is 166 Å². The van der Waals surface area contributed by atoms with Crippen molar-refractivity contribution in [3.05, 3.63) is 47.3 Å². The van der Waals surface area contributed by atoms with E-state index < -0.39 is 16.1 Å². The second-order valence-corrected chi connectivity index (χ2v) is 9.20. The molecule has 152 valence electrons. The van der Waals surface area contributed by atoms with Gasteiger partial charge in [0.2, 0.25) is 0 Å². The van der Waals surface area contributed by atoms with E-state index in [-0.39, 0.29) is 11.1 Å². The summed E-state index contributed by atoms with van der Waals surface area (Å²) in [5.41, 5.74) is 3.85. The normalized spacial score (nSPS) is 20.1. The molecule has 3 rings (SSSR count). The number of aromatic nitrogens is 2. The number of fused-ring (bicyclic) bond motifs is 1. The van der Waals surface area contributed by atoms with Crippen LogP contribution in [-0.2, 0) is 10.0 Å². The van der Waals surface area contributed by atoms with Gasteiger partial charge in [0.05, 0.1) is 0 Å². The number of nitrogens with zero attached hydrogens (tertiary/aromatic N) is 2.